The van der Waals surface area contributed by atoms with E-state index in [0.29, 0.717) is 26.2 Å². The molecule has 0 saturated heterocycles. The Balaban J connectivity index is 2.37. The van der Waals surface area contributed by atoms with Crippen LogP contribution in [0.2, 0.25) is 15.1 Å². The summed E-state index contributed by atoms with van der Waals surface area (Å²) >= 11 is 19.0. The zero-order valence-corrected chi connectivity index (χ0v) is 16.0. The maximum absolute atomic E-state index is 11.8. The van der Waals surface area contributed by atoms with E-state index < -0.39 is 23.1 Å². The van der Waals surface area contributed by atoms with Gasteiger partial charge in [-0.25, -0.2) is 8.42 Å². The second-order valence-electron chi connectivity index (χ2n) is 5.88. The Morgan fingerprint density at radius 1 is 0.885 bits per heavy atom. The van der Waals surface area contributed by atoms with Gasteiger partial charge in [0.05, 0.1) is 16.3 Å². The second kappa shape index (κ2) is 6.13. The summed E-state index contributed by atoms with van der Waals surface area (Å²) in [6, 6.07) is 8.52. The Bertz CT molecular complexity index is 1280. The predicted molar refractivity (Wildman–Crippen MR) is 105 cm³/mol. The van der Waals surface area contributed by atoms with E-state index in [4.69, 9.17) is 34.8 Å². The lowest BCUT2D eigenvalue weighted by Crippen LogP contribution is -2.05. The van der Waals surface area contributed by atoms with Crippen molar-refractivity contribution in [3.63, 3.8) is 0 Å². The molecule has 4 rings (SSSR count). The molecule has 0 heterocycles. The van der Waals surface area contributed by atoms with Crippen LogP contribution in [-0.2, 0) is 21.9 Å². The SMILES string of the molecule is O=C(O)Cc1c([SH](=O)=O)c(Cl)c2ccc3c(Cl)cc(Cl)c4ccc1c2c34. The smallest absolute Gasteiger partial charge is 0.307 e. The van der Waals surface area contributed by atoms with Gasteiger partial charge in [-0.05, 0) is 22.4 Å². The van der Waals surface area contributed by atoms with Crippen LogP contribution < -0.4 is 0 Å². The summed E-state index contributed by atoms with van der Waals surface area (Å²) in [6.07, 6.45) is -0.464. The van der Waals surface area contributed by atoms with Crippen LogP contribution in [0.1, 0.15) is 5.56 Å². The molecule has 0 saturated carbocycles. The molecule has 0 aromatic heterocycles. The summed E-state index contributed by atoms with van der Waals surface area (Å²) in [7, 11) is -3.08. The first-order valence-electron chi connectivity index (χ1n) is 7.44. The van der Waals surface area contributed by atoms with Crippen LogP contribution >= 0.6 is 34.8 Å². The topological polar surface area (TPSA) is 71.4 Å². The Kier molecular flexibility index (Phi) is 4.15. The van der Waals surface area contributed by atoms with Crippen molar-refractivity contribution >= 4 is 83.8 Å². The third-order valence-electron chi connectivity index (χ3n) is 4.49. The third-order valence-corrected chi connectivity index (χ3v) is 6.50. The molecule has 0 fully saturated rings. The average Bonchev–Trinajstić information content (AvgIpc) is 2.56. The van der Waals surface area contributed by atoms with Gasteiger partial charge in [-0.1, -0.05) is 59.1 Å². The summed E-state index contributed by atoms with van der Waals surface area (Å²) < 4.78 is 23.6. The van der Waals surface area contributed by atoms with Gasteiger partial charge in [0.1, 0.15) is 0 Å². The van der Waals surface area contributed by atoms with Gasteiger partial charge in [-0.3, -0.25) is 4.79 Å². The normalized spacial score (nSPS) is 12.0. The fraction of sp³-hybridized carbons (Fsp3) is 0.0556. The number of carboxylic acids is 1. The molecule has 1 N–H and O–H groups in total. The molecule has 0 atom stereocenters. The van der Waals surface area contributed by atoms with Crippen molar-refractivity contribution in [1.29, 1.82) is 0 Å². The van der Waals surface area contributed by atoms with E-state index in [1.165, 1.54) is 0 Å². The van der Waals surface area contributed by atoms with Crippen molar-refractivity contribution < 1.29 is 18.3 Å². The molecule has 8 heteroatoms. The monoisotopic (exact) mass is 426 g/mol. The van der Waals surface area contributed by atoms with E-state index in [2.05, 4.69) is 0 Å². The minimum atomic E-state index is -3.08. The highest BCUT2D eigenvalue weighted by Crippen LogP contribution is 2.45. The molecular weight excluding hydrogens is 419 g/mol. The Labute approximate surface area is 164 Å². The predicted octanol–water partition coefficient (Wildman–Crippen LogP) is 5.14. The van der Waals surface area contributed by atoms with Gasteiger partial charge in [0.15, 0.2) is 10.7 Å². The average molecular weight is 428 g/mol. The summed E-state index contributed by atoms with van der Waals surface area (Å²) in [5.41, 5.74) is 0.164. The highest BCUT2D eigenvalue weighted by atomic mass is 35.5. The Morgan fingerprint density at radius 3 is 1.92 bits per heavy atom. The minimum absolute atomic E-state index is 0.00959. The number of hydrogen-bond acceptors (Lipinski definition) is 3. The Morgan fingerprint density at radius 2 is 1.38 bits per heavy atom. The molecule has 0 radical (unpaired) electrons. The van der Waals surface area contributed by atoms with E-state index in [1.807, 2.05) is 0 Å². The number of rotatable bonds is 3. The van der Waals surface area contributed by atoms with Crippen molar-refractivity contribution in [2.75, 3.05) is 0 Å². The van der Waals surface area contributed by atoms with E-state index in [9.17, 15) is 18.3 Å². The number of carbonyl (C=O) groups is 1. The van der Waals surface area contributed by atoms with Crippen molar-refractivity contribution in [1.82, 2.24) is 0 Å². The molecule has 4 aromatic rings. The molecule has 0 spiro atoms. The molecule has 0 unspecified atom stereocenters. The van der Waals surface area contributed by atoms with Crippen molar-refractivity contribution in [2.45, 2.75) is 11.3 Å². The first-order chi connectivity index (χ1) is 12.3. The third kappa shape index (κ3) is 2.42. The van der Waals surface area contributed by atoms with Gasteiger partial charge < -0.3 is 5.11 Å². The highest BCUT2D eigenvalue weighted by Gasteiger charge is 2.23. The lowest BCUT2D eigenvalue weighted by molar-refractivity contribution is -0.136. The fourth-order valence-corrected chi connectivity index (χ4v) is 5.27. The lowest BCUT2D eigenvalue weighted by atomic mass is 9.91. The first kappa shape index (κ1) is 17.6. The number of benzene rings is 4. The van der Waals surface area contributed by atoms with Gasteiger partial charge in [-0.15, -0.1) is 0 Å². The molecule has 0 aliphatic carbocycles. The van der Waals surface area contributed by atoms with Crippen LogP contribution in [0.15, 0.2) is 35.2 Å². The van der Waals surface area contributed by atoms with Gasteiger partial charge in [-0.2, -0.15) is 0 Å². The van der Waals surface area contributed by atoms with E-state index in [1.54, 1.807) is 30.3 Å². The highest BCUT2D eigenvalue weighted by molar-refractivity contribution is 7.72. The summed E-state index contributed by atoms with van der Waals surface area (Å²) in [5, 5.41) is 14.1. The summed E-state index contributed by atoms with van der Waals surface area (Å²) in [5.74, 6) is -1.15. The van der Waals surface area contributed by atoms with Crippen LogP contribution in [-0.4, -0.2) is 19.5 Å². The minimum Gasteiger partial charge on any atom is -0.481 e. The van der Waals surface area contributed by atoms with Crippen LogP contribution in [0.3, 0.4) is 0 Å². The van der Waals surface area contributed by atoms with Crippen LogP contribution in [0, 0.1) is 0 Å². The first-order valence-corrected chi connectivity index (χ1v) is 9.75. The fourth-order valence-electron chi connectivity index (χ4n) is 3.50. The largest absolute Gasteiger partial charge is 0.481 e. The van der Waals surface area contributed by atoms with Crippen LogP contribution in [0.25, 0.3) is 32.3 Å². The maximum Gasteiger partial charge on any atom is 0.307 e. The van der Waals surface area contributed by atoms with Gasteiger partial charge in [0.25, 0.3) is 0 Å². The lowest BCUT2D eigenvalue weighted by Gasteiger charge is -2.17. The maximum atomic E-state index is 11.8. The number of hydrogen-bond donors (Lipinski definition) is 2. The molecular formula is C18H9Cl3O4S. The van der Waals surface area contributed by atoms with Crippen LogP contribution in [0.5, 0.6) is 0 Å². The quantitative estimate of drug-likeness (QED) is 0.351. The number of halogens is 3. The molecule has 0 bridgehead atoms. The molecule has 0 amide bonds. The Hall–Kier alpha value is -1.79. The molecule has 0 aliphatic rings. The summed E-state index contributed by atoms with van der Waals surface area (Å²) in [4.78, 5) is 11.2. The molecule has 0 aliphatic heterocycles. The zero-order valence-electron chi connectivity index (χ0n) is 12.8. The standard InChI is InChI=1S/C18H9Cl3O4S/c19-12-6-13(20)9-3-4-10-15-7(1-2-8(12)16(9)15)11(5-14(22)23)18(17(10)21)26(24)25/h1-4,6,26H,5H2,(H,22,23). The van der Waals surface area contributed by atoms with Crippen molar-refractivity contribution in [3.8, 4) is 0 Å². The molecule has 4 nitrogen and oxygen atoms in total. The van der Waals surface area contributed by atoms with E-state index in [-0.39, 0.29) is 15.5 Å². The van der Waals surface area contributed by atoms with Crippen molar-refractivity contribution in [2.24, 2.45) is 0 Å². The zero-order chi connectivity index (χ0) is 18.7. The van der Waals surface area contributed by atoms with Crippen molar-refractivity contribution in [3.05, 3.63) is 51.0 Å². The second-order valence-corrected chi connectivity index (χ2v) is 8.03. The number of carboxylic acid groups (broad SMARTS) is 1. The van der Waals surface area contributed by atoms with Gasteiger partial charge >= 0.3 is 5.97 Å². The molecule has 4 aromatic carbocycles. The van der Waals surface area contributed by atoms with E-state index in [0.717, 1.165) is 16.2 Å². The molecule has 26 heavy (non-hydrogen) atoms. The number of aliphatic carboxylic acids is 1. The molecule has 132 valence electrons. The van der Waals surface area contributed by atoms with Gasteiger partial charge in [0.2, 0.25) is 0 Å². The van der Waals surface area contributed by atoms with Crippen LogP contribution in [0.4, 0.5) is 0 Å². The van der Waals surface area contributed by atoms with E-state index >= 15 is 0 Å². The summed E-state index contributed by atoms with van der Waals surface area (Å²) in [6.45, 7) is 0. The van der Waals surface area contributed by atoms with Gasteiger partial charge in [0, 0.05) is 31.6 Å². The number of thiol groups is 1.